The predicted octanol–water partition coefficient (Wildman–Crippen LogP) is 4.30. The standard InChI is InChI=1S/C17H18N2S/c1-3-19-17(16-11-20-10-12(16)2)15-9-18-8-13-6-4-5-7-14(13)15/h4-11,17,19H,3H2,1-2H3. The third-order valence-electron chi connectivity index (χ3n) is 3.62. The topological polar surface area (TPSA) is 24.9 Å². The number of aryl methyl sites for hydroxylation is 1. The largest absolute Gasteiger partial charge is 0.306 e. The third kappa shape index (κ3) is 2.35. The van der Waals surface area contributed by atoms with Gasteiger partial charge < -0.3 is 5.32 Å². The smallest absolute Gasteiger partial charge is 0.0608 e. The number of nitrogens with one attached hydrogen (secondary N) is 1. The Morgan fingerprint density at radius 2 is 2.00 bits per heavy atom. The summed E-state index contributed by atoms with van der Waals surface area (Å²) >= 11 is 1.76. The number of benzene rings is 1. The van der Waals surface area contributed by atoms with Crippen LogP contribution in [0.2, 0.25) is 0 Å². The second-order valence-electron chi connectivity index (χ2n) is 4.95. The first kappa shape index (κ1) is 13.3. The fourth-order valence-corrected chi connectivity index (χ4v) is 3.50. The quantitative estimate of drug-likeness (QED) is 0.771. The molecule has 102 valence electrons. The van der Waals surface area contributed by atoms with Gasteiger partial charge in [0.2, 0.25) is 0 Å². The lowest BCUT2D eigenvalue weighted by Gasteiger charge is -2.20. The summed E-state index contributed by atoms with van der Waals surface area (Å²) < 4.78 is 0. The van der Waals surface area contributed by atoms with Crippen LogP contribution in [0, 0.1) is 6.92 Å². The van der Waals surface area contributed by atoms with E-state index in [4.69, 9.17) is 0 Å². The minimum absolute atomic E-state index is 0.213. The fourth-order valence-electron chi connectivity index (χ4n) is 2.63. The number of thiophene rings is 1. The summed E-state index contributed by atoms with van der Waals surface area (Å²) in [6.45, 7) is 5.26. The van der Waals surface area contributed by atoms with Crippen molar-refractivity contribution in [3.63, 3.8) is 0 Å². The van der Waals surface area contributed by atoms with Gasteiger partial charge in [0.1, 0.15) is 0 Å². The molecule has 3 heteroatoms. The number of rotatable bonds is 4. The number of pyridine rings is 1. The van der Waals surface area contributed by atoms with Gasteiger partial charge in [-0.1, -0.05) is 31.2 Å². The van der Waals surface area contributed by atoms with Gasteiger partial charge in [0.25, 0.3) is 0 Å². The Morgan fingerprint density at radius 3 is 2.75 bits per heavy atom. The van der Waals surface area contributed by atoms with E-state index < -0.39 is 0 Å². The predicted molar refractivity (Wildman–Crippen MR) is 86.3 cm³/mol. The second-order valence-corrected chi connectivity index (χ2v) is 5.69. The number of hydrogen-bond donors (Lipinski definition) is 1. The van der Waals surface area contributed by atoms with Gasteiger partial charge in [-0.2, -0.15) is 11.3 Å². The Labute approximate surface area is 123 Å². The van der Waals surface area contributed by atoms with Crippen LogP contribution in [-0.2, 0) is 0 Å². The number of aromatic nitrogens is 1. The van der Waals surface area contributed by atoms with E-state index in [1.165, 1.54) is 27.5 Å². The Bertz CT molecular complexity index is 712. The third-order valence-corrected chi connectivity index (χ3v) is 4.50. The molecule has 0 saturated carbocycles. The molecular weight excluding hydrogens is 264 g/mol. The zero-order chi connectivity index (χ0) is 13.9. The van der Waals surface area contributed by atoms with Crippen molar-refractivity contribution in [3.8, 4) is 0 Å². The van der Waals surface area contributed by atoms with E-state index in [2.05, 4.69) is 59.2 Å². The normalized spacial score (nSPS) is 12.7. The Hall–Kier alpha value is -1.71. The van der Waals surface area contributed by atoms with Crippen molar-refractivity contribution >= 4 is 22.1 Å². The molecule has 3 aromatic rings. The summed E-state index contributed by atoms with van der Waals surface area (Å²) in [5, 5.41) is 10.5. The van der Waals surface area contributed by atoms with Crippen molar-refractivity contribution in [3.05, 3.63) is 64.1 Å². The van der Waals surface area contributed by atoms with Crippen LogP contribution in [0.1, 0.15) is 29.7 Å². The van der Waals surface area contributed by atoms with Gasteiger partial charge >= 0.3 is 0 Å². The van der Waals surface area contributed by atoms with E-state index in [-0.39, 0.29) is 6.04 Å². The average molecular weight is 282 g/mol. The fraction of sp³-hybridized carbons (Fsp3) is 0.235. The van der Waals surface area contributed by atoms with E-state index in [9.17, 15) is 0 Å². The van der Waals surface area contributed by atoms with Crippen molar-refractivity contribution in [1.82, 2.24) is 10.3 Å². The van der Waals surface area contributed by atoms with Crippen molar-refractivity contribution in [2.24, 2.45) is 0 Å². The summed E-state index contributed by atoms with van der Waals surface area (Å²) in [6, 6.07) is 8.67. The van der Waals surface area contributed by atoms with Crippen molar-refractivity contribution in [2.75, 3.05) is 6.54 Å². The Kier molecular flexibility index (Phi) is 3.81. The molecule has 1 atom stereocenters. The molecule has 0 fully saturated rings. The molecule has 3 rings (SSSR count). The molecule has 0 aliphatic rings. The molecule has 2 nitrogen and oxygen atoms in total. The van der Waals surface area contributed by atoms with Gasteiger partial charge in [0.15, 0.2) is 0 Å². The molecule has 0 spiro atoms. The van der Waals surface area contributed by atoms with Gasteiger partial charge in [-0.3, -0.25) is 4.98 Å². The van der Waals surface area contributed by atoms with Crippen molar-refractivity contribution < 1.29 is 0 Å². The summed E-state index contributed by atoms with van der Waals surface area (Å²) in [6.07, 6.45) is 3.93. The van der Waals surface area contributed by atoms with E-state index in [1.807, 2.05) is 12.4 Å². The molecule has 2 aromatic heterocycles. The van der Waals surface area contributed by atoms with Crippen LogP contribution < -0.4 is 5.32 Å². The van der Waals surface area contributed by atoms with Crippen molar-refractivity contribution in [2.45, 2.75) is 19.9 Å². The van der Waals surface area contributed by atoms with E-state index in [0.29, 0.717) is 0 Å². The van der Waals surface area contributed by atoms with Crippen molar-refractivity contribution in [1.29, 1.82) is 0 Å². The second kappa shape index (κ2) is 5.73. The summed E-state index contributed by atoms with van der Waals surface area (Å²) in [4.78, 5) is 4.42. The maximum Gasteiger partial charge on any atom is 0.0608 e. The zero-order valence-corrected chi connectivity index (χ0v) is 12.6. The van der Waals surface area contributed by atoms with Gasteiger partial charge in [0, 0.05) is 17.8 Å². The highest BCUT2D eigenvalue weighted by molar-refractivity contribution is 7.08. The molecule has 1 aromatic carbocycles. The maximum atomic E-state index is 4.42. The van der Waals surface area contributed by atoms with E-state index in [1.54, 1.807) is 11.3 Å². The highest BCUT2D eigenvalue weighted by Gasteiger charge is 2.18. The molecule has 1 unspecified atom stereocenters. The number of nitrogens with zero attached hydrogens (tertiary/aromatic N) is 1. The lowest BCUT2D eigenvalue weighted by Crippen LogP contribution is -2.22. The minimum atomic E-state index is 0.213. The van der Waals surface area contributed by atoms with Crippen LogP contribution in [0.4, 0.5) is 0 Å². The maximum absolute atomic E-state index is 4.42. The first-order valence-electron chi connectivity index (χ1n) is 6.90. The van der Waals surface area contributed by atoms with Crippen LogP contribution in [-0.4, -0.2) is 11.5 Å². The molecule has 2 heterocycles. The number of hydrogen-bond acceptors (Lipinski definition) is 3. The van der Waals surface area contributed by atoms with Crippen LogP contribution in [0.15, 0.2) is 47.4 Å². The molecule has 0 saturated heterocycles. The van der Waals surface area contributed by atoms with Crippen LogP contribution in [0.5, 0.6) is 0 Å². The molecule has 1 N–H and O–H groups in total. The minimum Gasteiger partial charge on any atom is -0.306 e. The molecule has 0 radical (unpaired) electrons. The van der Waals surface area contributed by atoms with Crippen LogP contribution in [0.3, 0.4) is 0 Å². The molecule has 0 amide bonds. The van der Waals surface area contributed by atoms with E-state index in [0.717, 1.165) is 6.54 Å². The molecular formula is C17H18N2S. The molecule has 0 aliphatic carbocycles. The summed E-state index contributed by atoms with van der Waals surface area (Å²) in [7, 11) is 0. The van der Waals surface area contributed by atoms with Gasteiger partial charge in [-0.15, -0.1) is 0 Å². The Morgan fingerprint density at radius 1 is 1.15 bits per heavy atom. The lowest BCUT2D eigenvalue weighted by atomic mass is 9.95. The van der Waals surface area contributed by atoms with Crippen LogP contribution in [0.25, 0.3) is 10.8 Å². The highest BCUT2D eigenvalue weighted by Crippen LogP contribution is 2.31. The number of fused-ring (bicyclic) bond motifs is 1. The summed E-state index contributed by atoms with van der Waals surface area (Å²) in [5.74, 6) is 0. The first-order chi connectivity index (χ1) is 9.81. The molecule has 0 aliphatic heterocycles. The average Bonchev–Trinajstić information content (AvgIpc) is 2.90. The summed E-state index contributed by atoms with van der Waals surface area (Å²) in [5.41, 5.74) is 3.95. The van der Waals surface area contributed by atoms with Gasteiger partial charge in [-0.25, -0.2) is 0 Å². The lowest BCUT2D eigenvalue weighted by molar-refractivity contribution is 0.632. The van der Waals surface area contributed by atoms with Gasteiger partial charge in [-0.05, 0) is 46.3 Å². The zero-order valence-electron chi connectivity index (χ0n) is 11.8. The van der Waals surface area contributed by atoms with Crippen LogP contribution >= 0.6 is 11.3 Å². The molecule has 20 heavy (non-hydrogen) atoms. The van der Waals surface area contributed by atoms with E-state index >= 15 is 0 Å². The highest BCUT2D eigenvalue weighted by atomic mass is 32.1. The van der Waals surface area contributed by atoms with Gasteiger partial charge in [0.05, 0.1) is 6.04 Å². The molecule has 0 bridgehead atoms. The monoisotopic (exact) mass is 282 g/mol. The Balaban J connectivity index is 2.17. The SMILES string of the molecule is CCNC(c1cscc1C)c1cncc2ccccc12. The first-order valence-corrected chi connectivity index (χ1v) is 7.84.